The van der Waals surface area contributed by atoms with Crippen molar-refractivity contribution in [2.75, 3.05) is 5.32 Å². The molecule has 0 heterocycles. The minimum atomic E-state index is -0.889. The third-order valence-corrected chi connectivity index (χ3v) is 4.74. The molecule has 2 aliphatic carbocycles. The minimum Gasteiger partial charge on any atom is -0.481 e. The monoisotopic (exact) mass is 299 g/mol. The minimum absolute atomic E-state index is 0.171. The van der Waals surface area contributed by atoms with Crippen molar-refractivity contribution in [3.8, 4) is 0 Å². The Hall–Kier alpha value is -2.10. The van der Waals surface area contributed by atoms with Crippen LogP contribution in [0, 0.1) is 11.8 Å². The van der Waals surface area contributed by atoms with Crippen molar-refractivity contribution in [1.82, 2.24) is 0 Å². The molecule has 2 atom stereocenters. The molecule has 1 aromatic rings. The summed E-state index contributed by atoms with van der Waals surface area (Å²) in [6.45, 7) is 0. The number of carboxylic acids is 1. The number of aliphatic carboxylic acids is 1. The van der Waals surface area contributed by atoms with Gasteiger partial charge in [-0.2, -0.15) is 0 Å². The molecule has 1 aromatic carbocycles. The maximum Gasteiger partial charge on any atom is 0.307 e. The van der Waals surface area contributed by atoms with Gasteiger partial charge in [-0.05, 0) is 55.7 Å². The Balaban J connectivity index is 1.79. The average Bonchev–Trinajstić information content (AvgIpc) is 2.55. The van der Waals surface area contributed by atoms with Crippen molar-refractivity contribution in [2.45, 2.75) is 38.5 Å². The van der Waals surface area contributed by atoms with Crippen molar-refractivity contribution in [2.24, 2.45) is 11.8 Å². The SMILES string of the molecule is O=C(O)[C@H]1CC=CC[C@@H]1C(=O)Nc1cccc2c1CCCC2. The zero-order valence-electron chi connectivity index (χ0n) is 12.5. The van der Waals surface area contributed by atoms with Crippen LogP contribution in [-0.2, 0) is 22.4 Å². The molecule has 4 heteroatoms. The fraction of sp³-hybridized carbons (Fsp3) is 0.444. The quantitative estimate of drug-likeness (QED) is 0.842. The normalized spacial score (nSPS) is 23.6. The van der Waals surface area contributed by atoms with Gasteiger partial charge in [0.1, 0.15) is 0 Å². The lowest BCUT2D eigenvalue weighted by molar-refractivity contribution is -0.146. The number of hydrogen-bond acceptors (Lipinski definition) is 2. The van der Waals surface area contributed by atoms with Crippen molar-refractivity contribution in [3.63, 3.8) is 0 Å². The highest BCUT2D eigenvalue weighted by Gasteiger charge is 2.34. The molecule has 0 aliphatic heterocycles. The lowest BCUT2D eigenvalue weighted by Crippen LogP contribution is -2.35. The maximum absolute atomic E-state index is 12.6. The van der Waals surface area contributed by atoms with Crippen LogP contribution >= 0.6 is 0 Å². The van der Waals surface area contributed by atoms with E-state index in [9.17, 15) is 14.7 Å². The number of carbonyl (C=O) groups is 2. The molecule has 0 fully saturated rings. The molecule has 0 saturated carbocycles. The molecule has 3 rings (SSSR count). The number of carbonyl (C=O) groups excluding carboxylic acids is 1. The molecule has 0 spiro atoms. The fourth-order valence-electron chi connectivity index (χ4n) is 3.50. The lowest BCUT2D eigenvalue weighted by Gasteiger charge is -2.26. The Morgan fingerprint density at radius 1 is 1.05 bits per heavy atom. The van der Waals surface area contributed by atoms with E-state index in [2.05, 4.69) is 11.4 Å². The molecular formula is C18H21NO3. The Kier molecular flexibility index (Phi) is 4.27. The zero-order valence-corrected chi connectivity index (χ0v) is 12.5. The Bertz CT molecular complexity index is 621. The van der Waals surface area contributed by atoms with E-state index in [1.165, 1.54) is 17.5 Å². The van der Waals surface area contributed by atoms with Gasteiger partial charge >= 0.3 is 5.97 Å². The Morgan fingerprint density at radius 3 is 2.55 bits per heavy atom. The van der Waals surface area contributed by atoms with Crippen molar-refractivity contribution in [3.05, 3.63) is 41.5 Å². The van der Waals surface area contributed by atoms with Gasteiger partial charge in [0.25, 0.3) is 0 Å². The number of allylic oxidation sites excluding steroid dienone is 2. The standard InChI is InChI=1S/C18H21NO3/c20-17(14-9-3-4-10-15(14)18(21)22)19-16-11-5-7-12-6-1-2-8-13(12)16/h3-5,7,11,14-15H,1-2,6,8-10H2,(H,19,20)(H,21,22)/t14-,15-/m0/s1. The molecule has 4 nitrogen and oxygen atoms in total. The molecule has 1 amide bonds. The van der Waals surface area contributed by atoms with E-state index in [4.69, 9.17) is 0 Å². The number of carboxylic acid groups (broad SMARTS) is 1. The van der Waals surface area contributed by atoms with Gasteiger partial charge in [0, 0.05) is 5.69 Å². The second-order valence-corrected chi connectivity index (χ2v) is 6.13. The number of anilines is 1. The molecular weight excluding hydrogens is 278 g/mol. The van der Waals surface area contributed by atoms with Crippen LogP contribution in [-0.4, -0.2) is 17.0 Å². The van der Waals surface area contributed by atoms with Gasteiger partial charge in [-0.1, -0.05) is 24.3 Å². The van der Waals surface area contributed by atoms with E-state index in [1.807, 2.05) is 24.3 Å². The van der Waals surface area contributed by atoms with Gasteiger partial charge in [0.2, 0.25) is 5.91 Å². The summed E-state index contributed by atoms with van der Waals surface area (Å²) in [4.78, 5) is 23.9. The Labute approximate surface area is 130 Å². The first-order valence-electron chi connectivity index (χ1n) is 7.96. The van der Waals surface area contributed by atoms with E-state index in [1.54, 1.807) is 0 Å². The first kappa shape index (κ1) is 14.8. The van der Waals surface area contributed by atoms with E-state index in [0.717, 1.165) is 24.9 Å². The van der Waals surface area contributed by atoms with Crippen LogP contribution in [0.1, 0.15) is 36.8 Å². The van der Waals surface area contributed by atoms with Gasteiger partial charge < -0.3 is 10.4 Å². The van der Waals surface area contributed by atoms with Gasteiger partial charge in [-0.25, -0.2) is 0 Å². The van der Waals surface area contributed by atoms with Gasteiger partial charge in [0.15, 0.2) is 0 Å². The molecule has 22 heavy (non-hydrogen) atoms. The summed E-state index contributed by atoms with van der Waals surface area (Å²) in [5, 5.41) is 12.3. The fourth-order valence-corrected chi connectivity index (χ4v) is 3.50. The maximum atomic E-state index is 12.6. The molecule has 0 radical (unpaired) electrons. The van der Waals surface area contributed by atoms with E-state index >= 15 is 0 Å². The number of nitrogens with one attached hydrogen (secondary N) is 1. The number of rotatable bonds is 3. The average molecular weight is 299 g/mol. The predicted molar refractivity (Wildman–Crippen MR) is 84.7 cm³/mol. The number of amides is 1. The van der Waals surface area contributed by atoms with Crippen LogP contribution in [0.25, 0.3) is 0 Å². The molecule has 2 aliphatic rings. The number of fused-ring (bicyclic) bond motifs is 1. The van der Waals surface area contributed by atoms with Crippen molar-refractivity contribution in [1.29, 1.82) is 0 Å². The molecule has 0 bridgehead atoms. The van der Waals surface area contributed by atoms with E-state index in [-0.39, 0.29) is 5.91 Å². The second-order valence-electron chi connectivity index (χ2n) is 6.13. The van der Waals surface area contributed by atoms with Crippen LogP contribution in [0.15, 0.2) is 30.4 Å². The first-order chi connectivity index (χ1) is 10.7. The lowest BCUT2D eigenvalue weighted by atomic mass is 9.82. The summed E-state index contributed by atoms with van der Waals surface area (Å²) in [5.74, 6) is -2.17. The molecule has 0 saturated heterocycles. The third-order valence-electron chi connectivity index (χ3n) is 4.74. The summed E-state index contributed by atoms with van der Waals surface area (Å²) in [6, 6.07) is 6.01. The van der Waals surface area contributed by atoms with Crippen molar-refractivity contribution >= 4 is 17.6 Å². The van der Waals surface area contributed by atoms with Crippen LogP contribution in [0.2, 0.25) is 0 Å². The molecule has 0 unspecified atom stereocenters. The largest absolute Gasteiger partial charge is 0.481 e. The highest BCUT2D eigenvalue weighted by molar-refractivity contribution is 5.96. The number of hydrogen-bond donors (Lipinski definition) is 2. The number of benzene rings is 1. The van der Waals surface area contributed by atoms with Gasteiger partial charge in [0.05, 0.1) is 11.8 Å². The van der Waals surface area contributed by atoms with Crippen LogP contribution in [0.3, 0.4) is 0 Å². The summed E-state index contributed by atoms with van der Waals surface area (Å²) in [5.41, 5.74) is 3.39. The number of aryl methyl sites for hydroxylation is 1. The summed E-state index contributed by atoms with van der Waals surface area (Å²) < 4.78 is 0. The Morgan fingerprint density at radius 2 is 1.77 bits per heavy atom. The van der Waals surface area contributed by atoms with Gasteiger partial charge in [-0.3, -0.25) is 9.59 Å². The summed E-state index contributed by atoms with van der Waals surface area (Å²) >= 11 is 0. The highest BCUT2D eigenvalue weighted by Crippen LogP contribution is 2.31. The van der Waals surface area contributed by atoms with Crippen LogP contribution in [0.4, 0.5) is 5.69 Å². The molecule has 116 valence electrons. The molecule has 2 N–H and O–H groups in total. The highest BCUT2D eigenvalue weighted by atomic mass is 16.4. The van der Waals surface area contributed by atoms with E-state index in [0.29, 0.717) is 12.8 Å². The zero-order chi connectivity index (χ0) is 15.5. The third kappa shape index (κ3) is 2.91. The molecule has 0 aromatic heterocycles. The van der Waals surface area contributed by atoms with Crippen LogP contribution in [0.5, 0.6) is 0 Å². The predicted octanol–water partition coefficient (Wildman–Crippen LogP) is 3.17. The topological polar surface area (TPSA) is 66.4 Å². The summed E-state index contributed by atoms with van der Waals surface area (Å²) in [7, 11) is 0. The first-order valence-corrected chi connectivity index (χ1v) is 7.96. The van der Waals surface area contributed by atoms with Crippen LogP contribution < -0.4 is 5.32 Å². The van der Waals surface area contributed by atoms with Crippen molar-refractivity contribution < 1.29 is 14.7 Å². The summed E-state index contributed by atoms with van der Waals surface area (Å²) in [6.07, 6.45) is 9.07. The van der Waals surface area contributed by atoms with Gasteiger partial charge in [-0.15, -0.1) is 0 Å². The smallest absolute Gasteiger partial charge is 0.307 e. The van der Waals surface area contributed by atoms with E-state index < -0.39 is 17.8 Å². The second kappa shape index (κ2) is 6.34.